The summed E-state index contributed by atoms with van der Waals surface area (Å²) in [4.78, 5) is 0. The van der Waals surface area contributed by atoms with Crippen LogP contribution in [0.15, 0.2) is 0 Å². The molecule has 0 aromatic rings. The van der Waals surface area contributed by atoms with E-state index in [-0.39, 0.29) is 0 Å². The first kappa shape index (κ1) is 13.4. The van der Waals surface area contributed by atoms with Gasteiger partial charge in [0.1, 0.15) is 0 Å². The molecule has 0 aliphatic rings. The molecule has 0 aromatic heterocycles. The van der Waals surface area contributed by atoms with E-state index in [0.29, 0.717) is 0 Å². The van der Waals surface area contributed by atoms with Crippen molar-refractivity contribution in [1.29, 1.82) is 0 Å². The topological polar surface area (TPSA) is 0 Å². The molecular weight excluding hydrogens is 263 g/mol. The molecule has 0 nitrogen and oxygen atoms in total. The zero-order valence-electron chi connectivity index (χ0n) is 10.2. The number of hydrogen-bond acceptors (Lipinski definition) is 0. The van der Waals surface area contributed by atoms with Crippen LogP contribution in [0.3, 0.4) is 0 Å². The zero-order chi connectivity index (χ0) is 10.6. The molecule has 0 aliphatic carbocycles. The van der Waals surface area contributed by atoms with Crippen molar-refractivity contribution in [3.63, 3.8) is 0 Å². The summed E-state index contributed by atoms with van der Waals surface area (Å²) in [6, 6.07) is 0. The van der Waals surface area contributed by atoms with E-state index in [9.17, 15) is 0 Å². The van der Waals surface area contributed by atoms with Crippen molar-refractivity contribution in [3.8, 4) is 9.86 Å². The standard InChI is InChI=1S/3C3H7.C3H3.Sn/c4*1-3-2;/h3*3H,1-2H3;1H3;. The fourth-order valence-electron chi connectivity index (χ4n) is 2.65. The summed E-state index contributed by atoms with van der Waals surface area (Å²) in [5.41, 5.74) is 0. The van der Waals surface area contributed by atoms with Gasteiger partial charge in [-0.3, -0.25) is 0 Å². The zero-order valence-corrected chi connectivity index (χ0v) is 13.1. The summed E-state index contributed by atoms with van der Waals surface area (Å²) in [6.45, 7) is 16.3. The molecule has 0 N–H and O–H groups in total. The average molecular weight is 287 g/mol. The van der Waals surface area contributed by atoms with Gasteiger partial charge >= 0.3 is 88.5 Å². The maximum atomic E-state index is 3.65. The van der Waals surface area contributed by atoms with Crippen molar-refractivity contribution in [3.05, 3.63) is 0 Å². The molecule has 0 aromatic carbocycles. The molecule has 0 spiro atoms. The molecule has 13 heavy (non-hydrogen) atoms. The van der Waals surface area contributed by atoms with Crippen LogP contribution in [-0.4, -0.2) is 18.4 Å². The van der Waals surface area contributed by atoms with E-state index in [0.717, 1.165) is 11.8 Å². The molecule has 0 heterocycles. The van der Waals surface area contributed by atoms with Crippen LogP contribution in [0.5, 0.6) is 0 Å². The Bertz CT molecular complexity index is 181. The van der Waals surface area contributed by atoms with Crippen LogP contribution in [0.1, 0.15) is 48.5 Å². The Hall–Kier alpha value is 0.359. The van der Waals surface area contributed by atoms with Crippen molar-refractivity contribution in [2.24, 2.45) is 0 Å². The van der Waals surface area contributed by atoms with Crippen molar-refractivity contribution in [2.45, 2.75) is 60.3 Å². The Morgan fingerprint density at radius 3 is 1.15 bits per heavy atom. The summed E-state index contributed by atoms with van der Waals surface area (Å²) in [6.07, 6.45) is 0. The first-order valence-electron chi connectivity index (χ1n) is 5.33. The fourth-order valence-corrected chi connectivity index (χ4v) is 17.8. The summed E-state index contributed by atoms with van der Waals surface area (Å²) in [5, 5.41) is 0. The van der Waals surface area contributed by atoms with Crippen LogP contribution in [0.4, 0.5) is 0 Å². The average Bonchev–Trinajstić information content (AvgIpc) is 1.97. The van der Waals surface area contributed by atoms with Crippen molar-refractivity contribution < 1.29 is 0 Å². The summed E-state index contributed by atoms with van der Waals surface area (Å²) in [5.74, 6) is 3.20. The molecule has 0 amide bonds. The second kappa shape index (κ2) is 5.29. The van der Waals surface area contributed by atoms with Crippen LogP contribution in [0.2, 0.25) is 11.8 Å². The second-order valence-corrected chi connectivity index (χ2v) is 20.7. The Morgan fingerprint density at radius 2 is 1.08 bits per heavy atom. The van der Waals surface area contributed by atoms with Gasteiger partial charge < -0.3 is 0 Å². The molecule has 0 unspecified atom stereocenters. The van der Waals surface area contributed by atoms with E-state index in [1.807, 2.05) is 6.92 Å². The van der Waals surface area contributed by atoms with E-state index in [1.54, 1.807) is 0 Å². The van der Waals surface area contributed by atoms with Gasteiger partial charge in [-0.2, -0.15) is 0 Å². The van der Waals surface area contributed by atoms with Gasteiger partial charge in [0.15, 0.2) is 0 Å². The molecule has 0 bridgehead atoms. The first-order chi connectivity index (χ1) is 5.89. The minimum atomic E-state index is -2.20. The maximum absolute atomic E-state index is 3.65. The van der Waals surface area contributed by atoms with Crippen molar-refractivity contribution in [1.82, 2.24) is 0 Å². The molecule has 0 saturated carbocycles. The third-order valence-corrected chi connectivity index (χ3v) is 21.5. The SMILES string of the molecule is CC#[C][Sn]([CH](C)C)([CH](C)C)[CH](C)C. The third kappa shape index (κ3) is 2.65. The molecule has 76 valence electrons. The Morgan fingerprint density at radius 1 is 0.769 bits per heavy atom. The summed E-state index contributed by atoms with van der Waals surface area (Å²) < 4.78 is 6.16. The van der Waals surface area contributed by atoms with Gasteiger partial charge in [-0.05, 0) is 0 Å². The molecular formula is C12H24Sn. The molecule has 0 saturated heterocycles. The molecule has 0 radical (unpaired) electrons. The monoisotopic (exact) mass is 288 g/mol. The van der Waals surface area contributed by atoms with Gasteiger partial charge in [0.05, 0.1) is 0 Å². The van der Waals surface area contributed by atoms with Gasteiger partial charge in [0, 0.05) is 0 Å². The number of hydrogen-bond donors (Lipinski definition) is 0. The van der Waals surface area contributed by atoms with E-state index in [1.165, 1.54) is 0 Å². The predicted octanol–water partition coefficient (Wildman–Crippen LogP) is 4.23. The van der Waals surface area contributed by atoms with Gasteiger partial charge in [-0.25, -0.2) is 0 Å². The van der Waals surface area contributed by atoms with Crippen molar-refractivity contribution in [2.75, 3.05) is 0 Å². The van der Waals surface area contributed by atoms with Gasteiger partial charge in [0.2, 0.25) is 0 Å². The normalized spacial score (nSPS) is 12.2. The third-order valence-electron chi connectivity index (χ3n) is 3.21. The van der Waals surface area contributed by atoms with Crippen molar-refractivity contribution >= 4 is 18.4 Å². The van der Waals surface area contributed by atoms with Crippen LogP contribution < -0.4 is 0 Å². The van der Waals surface area contributed by atoms with E-state index < -0.39 is 18.4 Å². The predicted molar refractivity (Wildman–Crippen MR) is 64.5 cm³/mol. The first-order valence-corrected chi connectivity index (χ1v) is 11.7. The summed E-state index contributed by atoms with van der Waals surface area (Å²) in [7, 11) is 0. The Kier molecular flexibility index (Phi) is 5.44. The molecule has 0 rings (SSSR count). The quantitative estimate of drug-likeness (QED) is 0.538. The van der Waals surface area contributed by atoms with Crippen LogP contribution >= 0.6 is 0 Å². The molecule has 0 fully saturated rings. The number of rotatable bonds is 3. The summed E-state index contributed by atoms with van der Waals surface area (Å²) >= 11 is -2.20. The van der Waals surface area contributed by atoms with E-state index >= 15 is 0 Å². The molecule has 1 heteroatoms. The molecule has 0 atom stereocenters. The van der Waals surface area contributed by atoms with Gasteiger partial charge in [-0.1, -0.05) is 0 Å². The van der Waals surface area contributed by atoms with Crippen LogP contribution in [-0.2, 0) is 0 Å². The molecule has 0 aliphatic heterocycles. The Balaban J connectivity index is 5.14. The fraction of sp³-hybridized carbons (Fsp3) is 0.833. The second-order valence-electron chi connectivity index (χ2n) is 4.77. The minimum absolute atomic E-state index is 0.835. The van der Waals surface area contributed by atoms with Crippen LogP contribution in [0, 0.1) is 9.86 Å². The van der Waals surface area contributed by atoms with Gasteiger partial charge in [0.25, 0.3) is 0 Å². The van der Waals surface area contributed by atoms with E-state index in [4.69, 9.17) is 0 Å². The Labute approximate surface area is 88.4 Å². The van der Waals surface area contributed by atoms with Crippen LogP contribution in [0.25, 0.3) is 0 Å². The van der Waals surface area contributed by atoms with E-state index in [2.05, 4.69) is 51.4 Å². The van der Waals surface area contributed by atoms with Gasteiger partial charge in [-0.15, -0.1) is 0 Å².